The molecule has 3 N–H and O–H groups in total. The molecule has 4 rings (SSSR count). The number of piperidine rings is 1. The second-order valence-electron chi connectivity index (χ2n) is 7.34. The molecular weight excluding hydrogens is 513 g/mol. The van der Waals surface area contributed by atoms with Crippen molar-refractivity contribution in [1.82, 2.24) is 35.6 Å². The second-order valence-corrected chi connectivity index (χ2v) is 8.58. The van der Waals surface area contributed by atoms with Crippen LogP contribution in [0.25, 0.3) is 5.82 Å². The smallest absolute Gasteiger partial charge is 0.293 e. The van der Waals surface area contributed by atoms with Crippen LogP contribution in [-0.4, -0.2) is 54.9 Å². The van der Waals surface area contributed by atoms with Crippen LogP contribution < -0.4 is 11.2 Å². The minimum atomic E-state index is -0.470. The summed E-state index contributed by atoms with van der Waals surface area (Å²) in [6, 6.07) is 8.13. The van der Waals surface area contributed by atoms with Crippen molar-refractivity contribution in [1.29, 1.82) is 0 Å². The van der Waals surface area contributed by atoms with Crippen LogP contribution in [0.2, 0.25) is 0 Å². The highest BCUT2D eigenvalue weighted by Crippen LogP contribution is 2.22. The summed E-state index contributed by atoms with van der Waals surface area (Å²) in [6.45, 7) is 3.55. The van der Waals surface area contributed by atoms with Gasteiger partial charge in [-0.05, 0) is 76.9 Å². The molecule has 162 valence electrons. The number of nitrogens with one attached hydrogen (secondary N) is 1. The van der Waals surface area contributed by atoms with Crippen LogP contribution in [-0.2, 0) is 6.54 Å². The lowest BCUT2D eigenvalue weighted by molar-refractivity contribution is 0.0945. The van der Waals surface area contributed by atoms with E-state index in [4.69, 9.17) is 10.4 Å². The molecule has 3 aromatic rings. The van der Waals surface area contributed by atoms with E-state index in [1.807, 2.05) is 24.3 Å². The number of halogens is 1. The van der Waals surface area contributed by atoms with Gasteiger partial charge in [0.25, 0.3) is 5.91 Å². The van der Waals surface area contributed by atoms with E-state index in [0.717, 1.165) is 28.5 Å². The average molecular weight is 535 g/mol. The quantitative estimate of drug-likeness (QED) is 0.278. The number of rotatable bonds is 6. The average Bonchev–Trinajstić information content (AvgIpc) is 3.35. The Morgan fingerprint density at radius 2 is 2.29 bits per heavy atom. The van der Waals surface area contributed by atoms with Gasteiger partial charge >= 0.3 is 0 Å². The zero-order valence-corrected chi connectivity index (χ0v) is 19.1. The predicted molar refractivity (Wildman–Crippen MR) is 122 cm³/mol. The van der Waals surface area contributed by atoms with Crippen LogP contribution in [0.1, 0.15) is 47.9 Å². The molecule has 1 amide bonds. The first-order valence-corrected chi connectivity index (χ1v) is 11.0. The number of nitrogens with zero attached hydrogens (tertiary/aromatic N) is 7. The molecule has 1 unspecified atom stereocenters. The first-order valence-electron chi connectivity index (χ1n) is 9.89. The lowest BCUT2D eigenvalue weighted by Gasteiger charge is -2.33. The van der Waals surface area contributed by atoms with Crippen molar-refractivity contribution < 1.29 is 9.42 Å². The van der Waals surface area contributed by atoms with Gasteiger partial charge in [-0.1, -0.05) is 23.8 Å². The summed E-state index contributed by atoms with van der Waals surface area (Å²) in [7, 11) is 0. The van der Waals surface area contributed by atoms with Crippen molar-refractivity contribution in [3.63, 3.8) is 0 Å². The first kappa shape index (κ1) is 21.4. The minimum Gasteiger partial charge on any atom is -0.378 e. The summed E-state index contributed by atoms with van der Waals surface area (Å²) in [4.78, 5) is 15.1. The van der Waals surface area contributed by atoms with E-state index in [9.17, 15) is 4.79 Å². The highest BCUT2D eigenvalue weighted by Gasteiger charge is 2.27. The van der Waals surface area contributed by atoms with E-state index in [1.165, 1.54) is 11.1 Å². The fraction of sp³-hybridized carbons (Fsp3) is 0.368. The maximum Gasteiger partial charge on any atom is 0.293 e. The van der Waals surface area contributed by atoms with Crippen LogP contribution in [0.4, 0.5) is 5.82 Å². The molecule has 12 heteroatoms. The van der Waals surface area contributed by atoms with Crippen molar-refractivity contribution in [2.24, 2.45) is 5.10 Å². The Bertz CT molecular complexity index is 1090. The Labute approximate surface area is 192 Å². The van der Waals surface area contributed by atoms with Gasteiger partial charge in [0.2, 0.25) is 11.6 Å². The summed E-state index contributed by atoms with van der Waals surface area (Å²) < 4.78 is 7.19. The van der Waals surface area contributed by atoms with Crippen LogP contribution in [0, 0.1) is 3.57 Å². The third-order valence-corrected chi connectivity index (χ3v) is 5.87. The second kappa shape index (κ2) is 9.51. The van der Waals surface area contributed by atoms with E-state index < -0.39 is 5.91 Å². The number of nitrogen functional groups attached to an aromatic ring is 1. The predicted octanol–water partition coefficient (Wildman–Crippen LogP) is 1.98. The van der Waals surface area contributed by atoms with Gasteiger partial charge in [0.1, 0.15) is 0 Å². The van der Waals surface area contributed by atoms with Gasteiger partial charge in [-0.15, -0.1) is 5.10 Å². The summed E-state index contributed by atoms with van der Waals surface area (Å²) in [5.41, 5.74) is 9.96. The Morgan fingerprint density at radius 1 is 1.42 bits per heavy atom. The third-order valence-electron chi connectivity index (χ3n) is 5.20. The summed E-state index contributed by atoms with van der Waals surface area (Å²) in [5.74, 6) is -0.196. The number of carbonyl (C=O) groups excluding carboxylic acids is 1. The number of amides is 1. The Hall–Kier alpha value is -2.87. The molecule has 2 aromatic heterocycles. The van der Waals surface area contributed by atoms with Crippen LogP contribution in [0.3, 0.4) is 0 Å². The van der Waals surface area contributed by atoms with Gasteiger partial charge in [0.05, 0.1) is 11.9 Å². The van der Waals surface area contributed by atoms with Gasteiger partial charge < -0.3 is 5.73 Å². The largest absolute Gasteiger partial charge is 0.378 e. The number of likely N-dealkylation sites (tertiary alicyclic amines) is 1. The maximum absolute atomic E-state index is 12.9. The maximum atomic E-state index is 12.9. The fourth-order valence-corrected chi connectivity index (χ4v) is 4.09. The van der Waals surface area contributed by atoms with Crippen molar-refractivity contribution in [2.75, 3.05) is 12.3 Å². The molecule has 1 fully saturated rings. The molecule has 0 saturated carbocycles. The van der Waals surface area contributed by atoms with Crippen molar-refractivity contribution >= 4 is 40.5 Å². The van der Waals surface area contributed by atoms with Crippen molar-refractivity contribution in [2.45, 2.75) is 38.8 Å². The molecule has 3 heterocycles. The molecule has 1 aromatic carbocycles. The fourth-order valence-electron chi connectivity index (χ4n) is 3.52. The van der Waals surface area contributed by atoms with E-state index >= 15 is 0 Å². The Balaban J connectivity index is 1.59. The van der Waals surface area contributed by atoms with Gasteiger partial charge in [0, 0.05) is 16.2 Å². The molecular formula is C19H22IN9O2. The summed E-state index contributed by atoms with van der Waals surface area (Å²) in [5, 5.41) is 19.6. The highest BCUT2D eigenvalue weighted by atomic mass is 127. The number of aromatic nitrogens is 5. The molecule has 11 nitrogen and oxygen atoms in total. The van der Waals surface area contributed by atoms with Crippen LogP contribution in [0.15, 0.2) is 34.0 Å². The van der Waals surface area contributed by atoms with Crippen molar-refractivity contribution in [3.8, 4) is 5.82 Å². The SMILES string of the molecule is CC1CCCCN1Cc1c(C(=O)N/N=C\c2cccc(I)c2)nnn1-c1nonc1N. The third kappa shape index (κ3) is 4.90. The molecule has 1 saturated heterocycles. The van der Waals surface area contributed by atoms with Gasteiger partial charge in [-0.25, -0.2) is 10.1 Å². The number of nitrogens with two attached hydrogens (primary N) is 1. The summed E-state index contributed by atoms with van der Waals surface area (Å²) >= 11 is 2.22. The molecule has 1 aliphatic heterocycles. The van der Waals surface area contributed by atoms with E-state index in [1.54, 1.807) is 6.21 Å². The van der Waals surface area contributed by atoms with E-state index in [-0.39, 0.29) is 17.3 Å². The standard InChI is InChI=1S/C19H22IN9O2/c1-12-5-2-3-8-28(12)11-15-16(23-27-29(15)18-17(21)25-31-26-18)19(30)24-22-10-13-6-4-7-14(20)9-13/h4,6-7,9-10,12H,2-3,5,8,11H2,1H3,(H2,21,25)(H,24,30)/b22-10-. The lowest BCUT2D eigenvalue weighted by atomic mass is 10.0. The Kier molecular flexibility index (Phi) is 6.56. The molecule has 1 aliphatic rings. The number of carbonyl (C=O) groups is 1. The number of anilines is 1. The van der Waals surface area contributed by atoms with Crippen LogP contribution >= 0.6 is 22.6 Å². The lowest BCUT2D eigenvalue weighted by Crippen LogP contribution is -2.38. The topological polar surface area (TPSA) is 140 Å². The van der Waals surface area contributed by atoms with Crippen molar-refractivity contribution in [3.05, 3.63) is 44.8 Å². The highest BCUT2D eigenvalue weighted by molar-refractivity contribution is 14.1. The number of hydrazone groups is 1. The monoisotopic (exact) mass is 535 g/mol. The number of hydrogen-bond donors (Lipinski definition) is 2. The van der Waals surface area contributed by atoms with E-state index in [2.05, 4.69) is 65.6 Å². The van der Waals surface area contributed by atoms with Gasteiger partial charge in [-0.3, -0.25) is 9.69 Å². The molecule has 1 atom stereocenters. The summed E-state index contributed by atoms with van der Waals surface area (Å²) in [6.07, 6.45) is 4.96. The molecule has 0 spiro atoms. The molecule has 0 radical (unpaired) electrons. The number of benzene rings is 1. The zero-order chi connectivity index (χ0) is 21.8. The first-order chi connectivity index (χ1) is 15.0. The zero-order valence-electron chi connectivity index (χ0n) is 16.9. The molecule has 31 heavy (non-hydrogen) atoms. The van der Waals surface area contributed by atoms with Gasteiger partial charge in [-0.2, -0.15) is 9.78 Å². The van der Waals surface area contributed by atoms with Crippen LogP contribution in [0.5, 0.6) is 0 Å². The molecule has 0 aliphatic carbocycles. The molecule has 0 bridgehead atoms. The Morgan fingerprint density at radius 3 is 3.03 bits per heavy atom. The van der Waals surface area contributed by atoms with E-state index in [0.29, 0.717) is 18.3 Å². The minimum absolute atomic E-state index is 0.0708. The van der Waals surface area contributed by atoms with Gasteiger partial charge in [0.15, 0.2) is 5.69 Å². The normalized spacial score (nSPS) is 17.3. The number of hydrogen-bond acceptors (Lipinski definition) is 9.